The number of nitrogens with one attached hydrogen (secondary N) is 1. The zero-order valence-electron chi connectivity index (χ0n) is 10.1. The van der Waals surface area contributed by atoms with Gasteiger partial charge in [0.1, 0.15) is 0 Å². The molecule has 2 aliphatic carbocycles. The van der Waals surface area contributed by atoms with E-state index in [9.17, 15) is 4.79 Å². The highest BCUT2D eigenvalue weighted by Crippen LogP contribution is 2.42. The smallest absolute Gasteiger partial charge is 0.238 e. The molecule has 16 heavy (non-hydrogen) atoms. The molecule has 3 atom stereocenters. The quantitative estimate of drug-likeness (QED) is 0.789. The third kappa shape index (κ3) is 1.65. The molecular weight excluding hydrogens is 200 g/mol. The van der Waals surface area contributed by atoms with Crippen molar-refractivity contribution in [3.63, 3.8) is 0 Å². The van der Waals surface area contributed by atoms with Crippen LogP contribution in [0.5, 0.6) is 0 Å². The Kier molecular flexibility index (Phi) is 2.66. The molecule has 1 amide bonds. The Morgan fingerprint density at radius 1 is 1.38 bits per heavy atom. The zero-order chi connectivity index (χ0) is 11.1. The van der Waals surface area contributed by atoms with Gasteiger partial charge >= 0.3 is 0 Å². The first-order chi connectivity index (χ1) is 7.81. The van der Waals surface area contributed by atoms with Crippen LogP contribution in [0.4, 0.5) is 0 Å². The van der Waals surface area contributed by atoms with Crippen LogP contribution in [0.1, 0.15) is 45.4 Å². The number of rotatable bonds is 3. The van der Waals surface area contributed by atoms with Crippen LogP contribution in [0, 0.1) is 11.8 Å². The van der Waals surface area contributed by atoms with Crippen molar-refractivity contribution in [1.29, 1.82) is 0 Å². The van der Waals surface area contributed by atoms with Crippen LogP contribution in [-0.2, 0) is 4.79 Å². The first-order valence-electron chi connectivity index (χ1n) is 6.85. The van der Waals surface area contributed by atoms with Crippen LogP contribution in [0.3, 0.4) is 0 Å². The summed E-state index contributed by atoms with van der Waals surface area (Å²) in [7, 11) is 0. The zero-order valence-corrected chi connectivity index (χ0v) is 10.1. The predicted molar refractivity (Wildman–Crippen MR) is 62.8 cm³/mol. The van der Waals surface area contributed by atoms with Gasteiger partial charge in [0.05, 0.1) is 12.7 Å². The van der Waals surface area contributed by atoms with Crippen molar-refractivity contribution in [3.05, 3.63) is 0 Å². The molecule has 0 aromatic heterocycles. The number of carbonyl (C=O) groups excluding carboxylic acids is 1. The Morgan fingerprint density at radius 3 is 2.75 bits per heavy atom. The maximum Gasteiger partial charge on any atom is 0.238 e. The number of carbonyl (C=O) groups is 1. The number of nitrogens with zero attached hydrogens (tertiary/aromatic N) is 1. The van der Waals surface area contributed by atoms with Crippen molar-refractivity contribution in [1.82, 2.24) is 10.2 Å². The van der Waals surface area contributed by atoms with Crippen LogP contribution >= 0.6 is 0 Å². The van der Waals surface area contributed by atoms with Gasteiger partial charge in [0.25, 0.3) is 0 Å². The summed E-state index contributed by atoms with van der Waals surface area (Å²) in [6.45, 7) is 2.82. The summed E-state index contributed by atoms with van der Waals surface area (Å²) < 4.78 is 0. The van der Waals surface area contributed by atoms with Crippen molar-refractivity contribution in [2.24, 2.45) is 11.8 Å². The SMILES string of the molecule is CCC1CC1N1C(=O)CNC1C1CCCC1. The average Bonchev–Trinajstić information content (AvgIpc) is 2.72. The van der Waals surface area contributed by atoms with E-state index < -0.39 is 0 Å². The van der Waals surface area contributed by atoms with Gasteiger partial charge in [0.15, 0.2) is 0 Å². The Morgan fingerprint density at radius 2 is 2.12 bits per heavy atom. The standard InChI is InChI=1S/C13H22N2O/c1-2-9-7-11(9)15-12(16)8-14-13(15)10-5-3-4-6-10/h9-11,13-14H,2-8H2,1H3. The van der Waals surface area contributed by atoms with E-state index in [0.29, 0.717) is 24.7 Å². The Bertz CT molecular complexity index is 286. The molecule has 0 spiro atoms. The fraction of sp³-hybridized carbons (Fsp3) is 0.923. The molecule has 0 radical (unpaired) electrons. The second kappa shape index (κ2) is 4.02. The minimum Gasteiger partial charge on any atom is -0.322 e. The van der Waals surface area contributed by atoms with Gasteiger partial charge in [-0.25, -0.2) is 0 Å². The maximum absolute atomic E-state index is 11.9. The molecule has 1 aliphatic heterocycles. The van der Waals surface area contributed by atoms with E-state index in [1.807, 2.05) is 0 Å². The van der Waals surface area contributed by atoms with Gasteiger partial charge in [-0.15, -0.1) is 0 Å². The van der Waals surface area contributed by atoms with Crippen molar-refractivity contribution in [3.8, 4) is 0 Å². The molecule has 2 saturated carbocycles. The fourth-order valence-corrected chi connectivity index (χ4v) is 3.61. The summed E-state index contributed by atoms with van der Waals surface area (Å²) >= 11 is 0. The molecule has 3 unspecified atom stereocenters. The predicted octanol–water partition coefficient (Wildman–Crippen LogP) is 1.73. The first kappa shape index (κ1) is 10.6. The molecule has 3 nitrogen and oxygen atoms in total. The van der Waals surface area contributed by atoms with Gasteiger partial charge in [0.2, 0.25) is 5.91 Å². The lowest BCUT2D eigenvalue weighted by atomic mass is 10.0. The normalized spacial score (nSPS) is 39.7. The third-order valence-corrected chi connectivity index (χ3v) is 4.66. The lowest BCUT2D eigenvalue weighted by Gasteiger charge is -2.29. The number of hydrogen-bond acceptors (Lipinski definition) is 2. The van der Waals surface area contributed by atoms with Crippen molar-refractivity contribution >= 4 is 5.91 Å². The highest BCUT2D eigenvalue weighted by Gasteiger charge is 2.49. The van der Waals surface area contributed by atoms with Gasteiger partial charge in [0, 0.05) is 6.04 Å². The summed E-state index contributed by atoms with van der Waals surface area (Å²) in [6.07, 6.45) is 8.17. The van der Waals surface area contributed by atoms with Crippen LogP contribution in [-0.4, -0.2) is 29.6 Å². The Hall–Kier alpha value is -0.570. The van der Waals surface area contributed by atoms with Crippen LogP contribution in [0.15, 0.2) is 0 Å². The molecule has 90 valence electrons. The summed E-state index contributed by atoms with van der Waals surface area (Å²) in [4.78, 5) is 14.1. The van der Waals surface area contributed by atoms with Crippen molar-refractivity contribution in [2.45, 2.75) is 57.7 Å². The van der Waals surface area contributed by atoms with E-state index in [2.05, 4.69) is 17.1 Å². The van der Waals surface area contributed by atoms with Gasteiger partial charge in [-0.05, 0) is 31.1 Å². The molecule has 1 saturated heterocycles. The number of amides is 1. The second-order valence-electron chi connectivity index (χ2n) is 5.64. The summed E-state index contributed by atoms with van der Waals surface area (Å²) in [5, 5.41) is 3.44. The number of hydrogen-bond donors (Lipinski definition) is 1. The third-order valence-electron chi connectivity index (χ3n) is 4.66. The van der Waals surface area contributed by atoms with Gasteiger partial charge in [-0.2, -0.15) is 0 Å². The average molecular weight is 222 g/mol. The molecule has 3 fully saturated rings. The minimum absolute atomic E-state index is 0.345. The van der Waals surface area contributed by atoms with Crippen LogP contribution in [0.25, 0.3) is 0 Å². The molecular formula is C13H22N2O. The maximum atomic E-state index is 11.9. The highest BCUT2D eigenvalue weighted by molar-refractivity contribution is 5.81. The van der Waals surface area contributed by atoms with Crippen LogP contribution < -0.4 is 5.32 Å². The van der Waals surface area contributed by atoms with Gasteiger partial charge in [-0.3, -0.25) is 10.1 Å². The Balaban J connectivity index is 1.70. The van der Waals surface area contributed by atoms with Gasteiger partial charge < -0.3 is 4.90 Å². The lowest BCUT2D eigenvalue weighted by Crippen LogP contribution is -2.44. The summed E-state index contributed by atoms with van der Waals surface area (Å²) in [6, 6.07) is 0.568. The molecule has 3 rings (SSSR count). The summed E-state index contributed by atoms with van der Waals surface area (Å²) in [5.41, 5.74) is 0. The van der Waals surface area contributed by atoms with E-state index in [1.54, 1.807) is 0 Å². The van der Waals surface area contributed by atoms with Crippen molar-refractivity contribution < 1.29 is 4.79 Å². The molecule has 0 aromatic rings. The van der Waals surface area contributed by atoms with Crippen molar-refractivity contribution in [2.75, 3.05) is 6.54 Å². The van der Waals surface area contributed by atoms with E-state index in [-0.39, 0.29) is 0 Å². The second-order valence-corrected chi connectivity index (χ2v) is 5.64. The first-order valence-corrected chi connectivity index (χ1v) is 6.85. The highest BCUT2D eigenvalue weighted by atomic mass is 16.2. The van der Waals surface area contributed by atoms with Gasteiger partial charge in [-0.1, -0.05) is 26.2 Å². The molecule has 0 bridgehead atoms. The largest absolute Gasteiger partial charge is 0.322 e. The molecule has 1 N–H and O–H groups in total. The topological polar surface area (TPSA) is 32.3 Å². The minimum atomic E-state index is 0.345. The fourth-order valence-electron chi connectivity index (χ4n) is 3.61. The monoisotopic (exact) mass is 222 g/mol. The Labute approximate surface area is 97.6 Å². The molecule has 3 heteroatoms. The lowest BCUT2D eigenvalue weighted by molar-refractivity contribution is -0.129. The van der Waals surface area contributed by atoms with E-state index >= 15 is 0 Å². The molecule has 1 heterocycles. The summed E-state index contributed by atoms with van der Waals surface area (Å²) in [5.74, 6) is 1.86. The molecule has 3 aliphatic rings. The van der Waals surface area contributed by atoms with E-state index in [4.69, 9.17) is 0 Å². The van der Waals surface area contributed by atoms with E-state index in [0.717, 1.165) is 11.8 Å². The molecule has 0 aromatic carbocycles. The van der Waals surface area contributed by atoms with Crippen LogP contribution in [0.2, 0.25) is 0 Å². The van der Waals surface area contributed by atoms with E-state index in [1.165, 1.54) is 38.5 Å².